The fourth-order valence-corrected chi connectivity index (χ4v) is 11.0. The Morgan fingerprint density at radius 3 is 2.45 bits per heavy atom. The highest BCUT2D eigenvalue weighted by Crippen LogP contribution is 2.80. The third kappa shape index (κ3) is 2.16. The van der Waals surface area contributed by atoms with E-state index in [4.69, 9.17) is 18.9 Å². The van der Waals surface area contributed by atoms with Crippen LogP contribution in [0.1, 0.15) is 32.6 Å². The third-order valence-corrected chi connectivity index (χ3v) is 11.6. The average molecular weight is 468 g/mol. The molecule has 1 aliphatic heterocycles. The van der Waals surface area contributed by atoms with Crippen LogP contribution in [-0.4, -0.2) is 110 Å². The molecule has 0 aromatic heterocycles. The molecule has 0 unspecified atom stereocenters. The van der Waals surface area contributed by atoms with E-state index in [-0.39, 0.29) is 41.2 Å². The Morgan fingerprint density at radius 1 is 1.09 bits per heavy atom. The van der Waals surface area contributed by atoms with Crippen molar-refractivity contribution in [3.8, 4) is 0 Å². The maximum atomic E-state index is 13.1. The molecule has 8 nitrogen and oxygen atoms in total. The number of methoxy groups -OCH3 is 4. The minimum absolute atomic E-state index is 0.00825. The Hall–Kier alpha value is -0.320. The van der Waals surface area contributed by atoms with Crippen molar-refractivity contribution in [1.29, 1.82) is 0 Å². The summed E-state index contributed by atoms with van der Waals surface area (Å²) in [5, 5.41) is 36.7. The van der Waals surface area contributed by atoms with Gasteiger partial charge < -0.3 is 34.3 Å². The first-order chi connectivity index (χ1) is 15.8. The molecule has 1 spiro atoms. The van der Waals surface area contributed by atoms with Gasteiger partial charge in [-0.1, -0.05) is 6.92 Å². The van der Waals surface area contributed by atoms with E-state index in [0.29, 0.717) is 19.4 Å². The molecule has 1 saturated heterocycles. The molecule has 0 amide bonds. The summed E-state index contributed by atoms with van der Waals surface area (Å²) in [6.07, 6.45) is 0.834. The molecule has 3 N–H and O–H groups in total. The number of ether oxygens (including phenoxy) is 4. The lowest BCUT2D eigenvalue weighted by atomic mass is 9.42. The first-order valence-corrected chi connectivity index (χ1v) is 12.7. The summed E-state index contributed by atoms with van der Waals surface area (Å²) in [5.74, 6) is -0.360. The van der Waals surface area contributed by atoms with Gasteiger partial charge in [0.15, 0.2) is 0 Å². The van der Waals surface area contributed by atoms with Crippen molar-refractivity contribution < 1.29 is 34.3 Å². The van der Waals surface area contributed by atoms with E-state index in [1.165, 1.54) is 0 Å². The van der Waals surface area contributed by atoms with Gasteiger partial charge in [-0.25, -0.2) is 0 Å². The van der Waals surface area contributed by atoms with Crippen LogP contribution >= 0.6 is 0 Å². The van der Waals surface area contributed by atoms with Crippen LogP contribution in [0.3, 0.4) is 0 Å². The van der Waals surface area contributed by atoms with Crippen molar-refractivity contribution in [1.82, 2.24) is 4.90 Å². The monoisotopic (exact) mass is 467 g/mol. The van der Waals surface area contributed by atoms with Gasteiger partial charge in [0.25, 0.3) is 0 Å². The minimum atomic E-state index is -1.40. The van der Waals surface area contributed by atoms with Crippen LogP contribution in [0.4, 0.5) is 0 Å². The summed E-state index contributed by atoms with van der Waals surface area (Å²) >= 11 is 0. The van der Waals surface area contributed by atoms with Gasteiger partial charge in [-0.15, -0.1) is 0 Å². The number of hydrogen-bond donors (Lipinski definition) is 3. The van der Waals surface area contributed by atoms with Crippen molar-refractivity contribution >= 4 is 0 Å². The van der Waals surface area contributed by atoms with Crippen molar-refractivity contribution in [2.45, 2.75) is 74.3 Å². The maximum Gasteiger partial charge on any atom is 0.136 e. The lowest BCUT2D eigenvalue weighted by Gasteiger charge is -2.70. The minimum Gasteiger partial charge on any atom is -0.392 e. The van der Waals surface area contributed by atoms with E-state index < -0.39 is 34.9 Å². The molecule has 33 heavy (non-hydrogen) atoms. The Morgan fingerprint density at radius 2 is 1.85 bits per heavy atom. The van der Waals surface area contributed by atoms with Gasteiger partial charge in [0.1, 0.15) is 11.2 Å². The lowest BCUT2D eigenvalue weighted by Crippen LogP contribution is -2.82. The van der Waals surface area contributed by atoms with Crippen molar-refractivity contribution in [2.24, 2.45) is 34.5 Å². The third-order valence-electron chi connectivity index (χ3n) is 11.6. The Balaban J connectivity index is 1.68. The predicted octanol–water partition coefficient (Wildman–Crippen LogP) is 0.271. The standard InChI is InChI=1S/C25H41NO7/c1-6-26-11-22(12-30-2)8-7-16(27)24-14-9-13-15(31-3)10-23(33-5,17(14)18(13)28)25(29,21(24)26)20(32-4)19(22)24/h13-21,27-29H,6-12H2,1-5H3/t13-,14-,15+,16+,17-,18+,19-,20+,21+,22+,23-,24+,25-/m1/s1. The van der Waals surface area contributed by atoms with E-state index in [0.717, 1.165) is 25.9 Å². The number of piperidine rings is 1. The van der Waals surface area contributed by atoms with Crippen LogP contribution in [0.5, 0.6) is 0 Å². The average Bonchev–Trinajstić information content (AvgIpc) is 3.16. The molecule has 6 fully saturated rings. The topological polar surface area (TPSA) is 101 Å². The van der Waals surface area contributed by atoms with E-state index in [1.54, 1.807) is 28.4 Å². The second-order valence-electron chi connectivity index (χ2n) is 11.9. The quantitative estimate of drug-likeness (QED) is 0.512. The molecule has 7 bridgehead atoms. The molecule has 6 aliphatic rings. The zero-order valence-electron chi connectivity index (χ0n) is 20.6. The first-order valence-electron chi connectivity index (χ1n) is 12.7. The fourth-order valence-electron chi connectivity index (χ4n) is 11.0. The summed E-state index contributed by atoms with van der Waals surface area (Å²) in [6.45, 7) is 4.26. The van der Waals surface area contributed by atoms with Gasteiger partial charge in [0.05, 0.1) is 37.1 Å². The molecular formula is C25H41NO7. The molecule has 6 rings (SSSR count). The number of likely N-dealkylation sites (tertiary alicyclic amines) is 1. The number of hydrogen-bond acceptors (Lipinski definition) is 8. The Bertz CT molecular complexity index is 814. The zero-order chi connectivity index (χ0) is 23.6. The van der Waals surface area contributed by atoms with E-state index in [2.05, 4.69) is 11.8 Å². The second kappa shape index (κ2) is 7.13. The number of likely N-dealkylation sites (N-methyl/N-ethyl adjacent to an activating group) is 1. The molecule has 1 heterocycles. The van der Waals surface area contributed by atoms with Crippen LogP contribution in [-0.2, 0) is 18.9 Å². The molecule has 0 aromatic carbocycles. The molecule has 5 saturated carbocycles. The molecule has 13 atom stereocenters. The van der Waals surface area contributed by atoms with Crippen LogP contribution in [0.25, 0.3) is 0 Å². The van der Waals surface area contributed by atoms with Crippen LogP contribution in [0, 0.1) is 34.5 Å². The second-order valence-corrected chi connectivity index (χ2v) is 11.9. The Labute approximate surface area is 196 Å². The summed E-state index contributed by atoms with van der Waals surface area (Å²) in [5.41, 5.74) is -3.24. The van der Waals surface area contributed by atoms with Crippen molar-refractivity contribution in [3.05, 3.63) is 0 Å². The number of fused-ring (bicyclic) bond motifs is 2. The SMILES string of the molecule is CCN1C[C@]2(COC)CC[C@H](O)[C@@]34[C@@H]5C[C@H]6[C@H](O)[C@@H]5[C@](OC)(C[C@@H]6OC)[C@@](O)([C@@H](OC)[C@H]23)[C@@H]14. The number of aliphatic hydroxyl groups is 3. The molecule has 188 valence electrons. The van der Waals surface area contributed by atoms with Crippen molar-refractivity contribution in [3.63, 3.8) is 0 Å². The highest BCUT2D eigenvalue weighted by molar-refractivity contribution is 5.41. The summed E-state index contributed by atoms with van der Waals surface area (Å²) < 4.78 is 24.5. The lowest BCUT2D eigenvalue weighted by molar-refractivity contribution is -0.324. The van der Waals surface area contributed by atoms with E-state index in [1.807, 2.05) is 0 Å². The number of nitrogens with zero attached hydrogens (tertiary/aromatic N) is 1. The van der Waals surface area contributed by atoms with Gasteiger partial charge in [-0.05, 0) is 31.7 Å². The first kappa shape index (κ1) is 23.1. The maximum absolute atomic E-state index is 13.1. The molecular weight excluding hydrogens is 426 g/mol. The summed E-state index contributed by atoms with van der Waals surface area (Å²) in [7, 11) is 6.79. The van der Waals surface area contributed by atoms with E-state index in [9.17, 15) is 15.3 Å². The summed E-state index contributed by atoms with van der Waals surface area (Å²) in [6, 6.07) is -0.312. The normalized spacial score (nSPS) is 60.9. The number of aliphatic hydroxyl groups excluding tert-OH is 2. The van der Waals surface area contributed by atoms with E-state index >= 15 is 0 Å². The molecule has 0 aromatic rings. The van der Waals surface area contributed by atoms with Gasteiger partial charge in [-0.2, -0.15) is 0 Å². The fraction of sp³-hybridized carbons (Fsp3) is 1.00. The van der Waals surface area contributed by atoms with Gasteiger partial charge in [0.2, 0.25) is 0 Å². The molecule has 0 radical (unpaired) electrons. The Kier molecular flexibility index (Phi) is 4.99. The van der Waals surface area contributed by atoms with Crippen molar-refractivity contribution in [2.75, 3.05) is 48.1 Å². The molecule has 5 aliphatic carbocycles. The number of rotatable bonds is 6. The van der Waals surface area contributed by atoms with Crippen LogP contribution in [0.2, 0.25) is 0 Å². The highest BCUT2D eigenvalue weighted by Gasteiger charge is 2.91. The molecule has 8 heteroatoms. The van der Waals surface area contributed by atoms with Crippen LogP contribution in [0.15, 0.2) is 0 Å². The zero-order valence-corrected chi connectivity index (χ0v) is 20.6. The summed E-state index contributed by atoms with van der Waals surface area (Å²) in [4.78, 5) is 2.38. The van der Waals surface area contributed by atoms with Gasteiger partial charge in [-0.3, -0.25) is 4.90 Å². The van der Waals surface area contributed by atoms with Crippen LogP contribution < -0.4 is 0 Å². The van der Waals surface area contributed by atoms with Gasteiger partial charge >= 0.3 is 0 Å². The predicted molar refractivity (Wildman–Crippen MR) is 119 cm³/mol. The van der Waals surface area contributed by atoms with Gasteiger partial charge in [0, 0.05) is 70.0 Å². The smallest absolute Gasteiger partial charge is 0.136 e. The highest BCUT2D eigenvalue weighted by atomic mass is 16.5. The largest absolute Gasteiger partial charge is 0.392 e.